The van der Waals surface area contributed by atoms with Crippen LogP contribution in [0.2, 0.25) is 0 Å². The maximum absolute atomic E-state index is 9.17. The predicted octanol–water partition coefficient (Wildman–Crippen LogP) is -0.206. The molecule has 1 rings (SSSR count). The largest absolute Gasteiger partial charge is 0.508 e. The molecule has 0 aromatic heterocycles. The van der Waals surface area contributed by atoms with E-state index in [-0.39, 0.29) is 11.2 Å². The average Bonchev–Trinajstić information content (AvgIpc) is 2.05. The second-order valence-corrected chi connectivity index (χ2v) is 3.18. The van der Waals surface area contributed by atoms with Gasteiger partial charge in [0.2, 0.25) is 0 Å². The minimum Gasteiger partial charge on any atom is -0.508 e. The van der Waals surface area contributed by atoms with Crippen LogP contribution < -0.4 is 5.46 Å². The van der Waals surface area contributed by atoms with Crippen LogP contribution in [0.4, 0.5) is 0 Å². The highest BCUT2D eigenvalue weighted by molar-refractivity contribution is 7.98. The number of benzene rings is 1. The van der Waals surface area contributed by atoms with Gasteiger partial charge >= 0.3 is 7.12 Å². The molecule has 0 fully saturated rings. The van der Waals surface area contributed by atoms with Gasteiger partial charge in [0.05, 0.1) is 0 Å². The Kier molecular flexibility index (Phi) is 3.02. The summed E-state index contributed by atoms with van der Waals surface area (Å²) in [4.78, 5) is 0.885. The second-order valence-electron chi connectivity index (χ2n) is 2.30. The van der Waals surface area contributed by atoms with Crippen molar-refractivity contribution in [1.29, 1.82) is 0 Å². The summed E-state index contributed by atoms with van der Waals surface area (Å²) < 4.78 is 0. The van der Waals surface area contributed by atoms with Crippen LogP contribution in [-0.4, -0.2) is 28.5 Å². The van der Waals surface area contributed by atoms with E-state index >= 15 is 0 Å². The molecule has 0 radical (unpaired) electrons. The Hall–Kier alpha value is -0.645. The number of thioether (sulfide) groups is 1. The highest BCUT2D eigenvalue weighted by atomic mass is 32.2. The SMILES string of the molecule is CSc1ccc(O)c(B(O)O)c1. The number of hydrogen-bond donors (Lipinski definition) is 3. The fourth-order valence-electron chi connectivity index (χ4n) is 0.866. The molecule has 3 nitrogen and oxygen atoms in total. The van der Waals surface area contributed by atoms with Gasteiger partial charge in [-0.3, -0.25) is 0 Å². The van der Waals surface area contributed by atoms with Gasteiger partial charge < -0.3 is 15.2 Å². The lowest BCUT2D eigenvalue weighted by Gasteiger charge is -2.04. The summed E-state index contributed by atoms with van der Waals surface area (Å²) in [7, 11) is -1.61. The van der Waals surface area contributed by atoms with Crippen LogP contribution >= 0.6 is 11.8 Å². The van der Waals surface area contributed by atoms with E-state index in [0.29, 0.717) is 0 Å². The van der Waals surface area contributed by atoms with E-state index in [0.717, 1.165) is 4.90 Å². The van der Waals surface area contributed by atoms with Crippen molar-refractivity contribution in [3.63, 3.8) is 0 Å². The average molecular weight is 184 g/mol. The number of rotatable bonds is 2. The molecule has 0 atom stereocenters. The summed E-state index contributed by atoms with van der Waals surface area (Å²) in [6, 6.07) is 4.71. The lowest BCUT2D eigenvalue weighted by Crippen LogP contribution is -2.30. The fourth-order valence-corrected chi connectivity index (χ4v) is 1.32. The van der Waals surface area contributed by atoms with E-state index < -0.39 is 7.12 Å². The Morgan fingerprint density at radius 1 is 1.33 bits per heavy atom. The highest BCUT2D eigenvalue weighted by Crippen LogP contribution is 2.16. The molecule has 3 N–H and O–H groups in total. The molecule has 0 amide bonds. The molecule has 0 bridgehead atoms. The van der Waals surface area contributed by atoms with Gasteiger partial charge in [-0.1, -0.05) is 0 Å². The molecular formula is C7H9BO3S. The van der Waals surface area contributed by atoms with E-state index in [4.69, 9.17) is 10.0 Å². The lowest BCUT2D eigenvalue weighted by molar-refractivity contribution is 0.419. The summed E-state index contributed by atoms with van der Waals surface area (Å²) in [6.07, 6.45) is 1.87. The third-order valence-corrected chi connectivity index (χ3v) is 2.24. The molecule has 0 heterocycles. The smallest absolute Gasteiger partial charge is 0.492 e. The first-order chi connectivity index (χ1) is 5.65. The van der Waals surface area contributed by atoms with Crippen molar-refractivity contribution in [3.05, 3.63) is 18.2 Å². The molecule has 0 saturated heterocycles. The lowest BCUT2D eigenvalue weighted by atomic mass is 9.80. The molecule has 0 unspecified atom stereocenters. The standard InChI is InChI=1S/C7H9BO3S/c1-12-5-2-3-7(9)6(4-5)8(10)11/h2-4,9-11H,1H3. The molecule has 0 saturated carbocycles. The topological polar surface area (TPSA) is 60.7 Å². The molecule has 5 heteroatoms. The van der Waals surface area contributed by atoms with Crippen molar-refractivity contribution in [1.82, 2.24) is 0 Å². The molecule has 0 aliphatic heterocycles. The molecule has 1 aromatic carbocycles. The second kappa shape index (κ2) is 3.84. The third kappa shape index (κ3) is 1.94. The molecule has 0 aliphatic rings. The zero-order chi connectivity index (χ0) is 9.14. The van der Waals surface area contributed by atoms with Crippen LogP contribution in [0.15, 0.2) is 23.1 Å². The highest BCUT2D eigenvalue weighted by Gasteiger charge is 2.15. The van der Waals surface area contributed by atoms with Crippen LogP contribution in [0, 0.1) is 0 Å². The number of aromatic hydroxyl groups is 1. The van der Waals surface area contributed by atoms with Crippen molar-refractivity contribution in [3.8, 4) is 5.75 Å². The molecule has 0 spiro atoms. The Labute approximate surface area is 75.2 Å². The Balaban J connectivity index is 3.08. The molecule has 0 aliphatic carbocycles. The van der Waals surface area contributed by atoms with Gasteiger partial charge in [-0.2, -0.15) is 0 Å². The van der Waals surface area contributed by atoms with Gasteiger partial charge in [0.25, 0.3) is 0 Å². The van der Waals surface area contributed by atoms with Gasteiger partial charge in [0, 0.05) is 10.4 Å². The van der Waals surface area contributed by atoms with Gasteiger partial charge in [-0.05, 0) is 24.5 Å². The Bertz CT molecular complexity index is 277. The van der Waals surface area contributed by atoms with E-state index in [1.807, 2.05) is 6.26 Å². The summed E-state index contributed by atoms with van der Waals surface area (Å²) >= 11 is 1.48. The van der Waals surface area contributed by atoms with Gasteiger partial charge in [-0.15, -0.1) is 11.8 Å². The van der Waals surface area contributed by atoms with Crippen molar-refractivity contribution < 1.29 is 15.2 Å². The molecule has 12 heavy (non-hydrogen) atoms. The fraction of sp³-hybridized carbons (Fsp3) is 0.143. The van der Waals surface area contributed by atoms with Crippen molar-refractivity contribution in [2.24, 2.45) is 0 Å². The molecule has 64 valence electrons. The summed E-state index contributed by atoms with van der Waals surface area (Å²) in [5.74, 6) is -0.0946. The summed E-state index contributed by atoms with van der Waals surface area (Å²) in [5, 5.41) is 26.8. The van der Waals surface area contributed by atoms with Crippen LogP contribution in [0.3, 0.4) is 0 Å². The predicted molar refractivity (Wildman–Crippen MR) is 49.7 cm³/mol. The third-order valence-electron chi connectivity index (χ3n) is 1.51. The molecular weight excluding hydrogens is 175 g/mol. The first kappa shape index (κ1) is 9.44. The quantitative estimate of drug-likeness (QED) is 0.439. The Morgan fingerprint density at radius 2 is 2.00 bits per heavy atom. The first-order valence-electron chi connectivity index (χ1n) is 3.38. The van der Waals surface area contributed by atoms with Gasteiger partial charge in [0.15, 0.2) is 0 Å². The first-order valence-corrected chi connectivity index (χ1v) is 4.60. The van der Waals surface area contributed by atoms with Crippen LogP contribution in [0.5, 0.6) is 5.75 Å². The maximum atomic E-state index is 9.17. The minimum atomic E-state index is -1.61. The minimum absolute atomic E-state index is 0.0946. The van der Waals surface area contributed by atoms with Crippen molar-refractivity contribution in [2.45, 2.75) is 4.90 Å². The van der Waals surface area contributed by atoms with Crippen molar-refractivity contribution >= 4 is 24.3 Å². The van der Waals surface area contributed by atoms with Gasteiger partial charge in [0.1, 0.15) is 5.75 Å². The van der Waals surface area contributed by atoms with Crippen LogP contribution in [0.25, 0.3) is 0 Å². The number of phenols is 1. The summed E-state index contributed by atoms with van der Waals surface area (Å²) in [5.41, 5.74) is 0.141. The normalized spacial score (nSPS) is 9.92. The van der Waals surface area contributed by atoms with E-state index in [9.17, 15) is 5.11 Å². The van der Waals surface area contributed by atoms with E-state index in [2.05, 4.69) is 0 Å². The van der Waals surface area contributed by atoms with Gasteiger partial charge in [-0.25, -0.2) is 0 Å². The van der Waals surface area contributed by atoms with Crippen LogP contribution in [0.1, 0.15) is 0 Å². The number of hydrogen-bond acceptors (Lipinski definition) is 4. The molecule has 1 aromatic rings. The number of phenolic OH excluding ortho intramolecular Hbond substituents is 1. The zero-order valence-corrected chi connectivity index (χ0v) is 7.38. The van der Waals surface area contributed by atoms with Crippen LogP contribution in [-0.2, 0) is 0 Å². The van der Waals surface area contributed by atoms with E-state index in [1.54, 1.807) is 12.1 Å². The maximum Gasteiger partial charge on any atom is 0.492 e. The zero-order valence-electron chi connectivity index (χ0n) is 6.56. The monoisotopic (exact) mass is 184 g/mol. The van der Waals surface area contributed by atoms with E-state index in [1.165, 1.54) is 17.8 Å². The Morgan fingerprint density at radius 3 is 2.50 bits per heavy atom. The summed E-state index contributed by atoms with van der Waals surface area (Å²) in [6.45, 7) is 0. The van der Waals surface area contributed by atoms with Crippen molar-refractivity contribution in [2.75, 3.05) is 6.26 Å².